The topological polar surface area (TPSA) is 78.9 Å². The summed E-state index contributed by atoms with van der Waals surface area (Å²) in [6.45, 7) is 8.83. The van der Waals surface area contributed by atoms with E-state index in [0.717, 1.165) is 35.2 Å². The molecule has 34 heavy (non-hydrogen) atoms. The van der Waals surface area contributed by atoms with Crippen LogP contribution in [0.2, 0.25) is 0 Å². The van der Waals surface area contributed by atoms with Crippen molar-refractivity contribution in [1.29, 1.82) is 0 Å². The lowest BCUT2D eigenvalue weighted by Crippen LogP contribution is -2.38. The van der Waals surface area contributed by atoms with Crippen LogP contribution in [0.3, 0.4) is 0 Å². The predicted molar refractivity (Wildman–Crippen MR) is 137 cm³/mol. The van der Waals surface area contributed by atoms with E-state index in [4.69, 9.17) is 0 Å². The zero-order chi connectivity index (χ0) is 23.7. The van der Waals surface area contributed by atoms with Gasteiger partial charge in [-0.25, -0.2) is 4.98 Å². The molecule has 6 nitrogen and oxygen atoms in total. The summed E-state index contributed by atoms with van der Waals surface area (Å²) in [5, 5.41) is 11.0. The molecular formula is C28H29N5O. The van der Waals surface area contributed by atoms with Gasteiger partial charge in [-0.1, -0.05) is 31.5 Å². The van der Waals surface area contributed by atoms with E-state index in [1.807, 2.05) is 24.4 Å². The Bertz CT molecular complexity index is 1380. The molecular weight excluding hydrogens is 422 g/mol. The third kappa shape index (κ3) is 4.37. The molecule has 172 valence electrons. The minimum absolute atomic E-state index is 0.0756. The molecule has 0 bridgehead atoms. The van der Waals surface area contributed by atoms with Crippen molar-refractivity contribution >= 4 is 28.3 Å². The molecule has 0 saturated carbocycles. The summed E-state index contributed by atoms with van der Waals surface area (Å²) < 4.78 is 0. The van der Waals surface area contributed by atoms with Crippen LogP contribution in [0.15, 0.2) is 67.0 Å². The van der Waals surface area contributed by atoms with E-state index in [2.05, 4.69) is 71.0 Å². The fourth-order valence-corrected chi connectivity index (χ4v) is 4.66. The predicted octanol–water partition coefficient (Wildman–Crippen LogP) is 5.18. The van der Waals surface area contributed by atoms with E-state index in [0.29, 0.717) is 17.9 Å². The lowest BCUT2D eigenvalue weighted by Gasteiger charge is -2.33. The zero-order valence-corrected chi connectivity index (χ0v) is 19.8. The van der Waals surface area contributed by atoms with Crippen LogP contribution in [0.5, 0.6) is 0 Å². The maximum atomic E-state index is 13.2. The minimum Gasteiger partial charge on any atom is -0.365 e. The van der Waals surface area contributed by atoms with Crippen LogP contribution in [0.1, 0.15) is 46.5 Å². The number of carbonyl (C=O) groups excluding carboxylic acids is 1. The molecule has 0 radical (unpaired) electrons. The van der Waals surface area contributed by atoms with E-state index in [9.17, 15) is 4.79 Å². The van der Waals surface area contributed by atoms with Gasteiger partial charge in [0.25, 0.3) is 5.91 Å². The van der Waals surface area contributed by atoms with Crippen LogP contribution in [0.4, 0.5) is 11.5 Å². The first kappa shape index (κ1) is 22.0. The van der Waals surface area contributed by atoms with Gasteiger partial charge in [-0.15, -0.1) is 0 Å². The van der Waals surface area contributed by atoms with Crippen molar-refractivity contribution in [3.63, 3.8) is 0 Å². The van der Waals surface area contributed by atoms with Crippen LogP contribution in [-0.4, -0.2) is 22.4 Å². The van der Waals surface area contributed by atoms with Crippen LogP contribution in [0.25, 0.3) is 10.9 Å². The maximum Gasteiger partial charge on any atom is 0.259 e. The molecule has 0 spiro atoms. The Kier molecular flexibility index (Phi) is 5.75. The van der Waals surface area contributed by atoms with Gasteiger partial charge in [0.05, 0.1) is 11.1 Å². The van der Waals surface area contributed by atoms with Gasteiger partial charge in [0, 0.05) is 48.5 Å². The van der Waals surface area contributed by atoms with Crippen LogP contribution >= 0.6 is 0 Å². The third-order valence-corrected chi connectivity index (χ3v) is 6.46. The van der Waals surface area contributed by atoms with E-state index >= 15 is 0 Å². The molecule has 1 amide bonds. The molecule has 5 rings (SSSR count). The van der Waals surface area contributed by atoms with Gasteiger partial charge in [-0.3, -0.25) is 9.78 Å². The van der Waals surface area contributed by atoms with Crippen molar-refractivity contribution in [3.8, 4) is 0 Å². The minimum atomic E-state index is -0.186. The number of hydrogen-bond donors (Lipinski definition) is 3. The van der Waals surface area contributed by atoms with Crippen molar-refractivity contribution in [3.05, 3.63) is 94.8 Å². The van der Waals surface area contributed by atoms with E-state index in [-0.39, 0.29) is 11.3 Å². The second kappa shape index (κ2) is 8.88. The van der Waals surface area contributed by atoms with Crippen LogP contribution in [0, 0.1) is 6.92 Å². The number of rotatable bonds is 5. The summed E-state index contributed by atoms with van der Waals surface area (Å²) in [4.78, 5) is 22.1. The van der Waals surface area contributed by atoms with Crippen molar-refractivity contribution in [2.75, 3.05) is 17.2 Å². The van der Waals surface area contributed by atoms with Gasteiger partial charge in [0.15, 0.2) is 0 Å². The highest BCUT2D eigenvalue weighted by Crippen LogP contribution is 2.31. The largest absolute Gasteiger partial charge is 0.365 e. The van der Waals surface area contributed by atoms with Crippen LogP contribution < -0.4 is 16.0 Å². The first-order valence-electron chi connectivity index (χ1n) is 11.6. The molecule has 2 aromatic carbocycles. The lowest BCUT2D eigenvalue weighted by atomic mass is 9.79. The Balaban J connectivity index is 1.36. The van der Waals surface area contributed by atoms with E-state index in [1.54, 1.807) is 18.3 Å². The van der Waals surface area contributed by atoms with Gasteiger partial charge in [0.2, 0.25) is 0 Å². The van der Waals surface area contributed by atoms with Crippen molar-refractivity contribution in [2.24, 2.45) is 0 Å². The van der Waals surface area contributed by atoms with E-state index < -0.39 is 0 Å². The number of hydrogen-bond acceptors (Lipinski definition) is 5. The molecule has 0 aliphatic carbocycles. The Morgan fingerprint density at radius 3 is 2.82 bits per heavy atom. The number of anilines is 2. The molecule has 3 N–H and O–H groups in total. The first-order valence-corrected chi connectivity index (χ1v) is 11.6. The number of pyridine rings is 2. The normalized spacial score (nSPS) is 14.4. The molecule has 3 heterocycles. The molecule has 0 saturated heterocycles. The number of carbonyl (C=O) groups is 1. The van der Waals surface area contributed by atoms with Gasteiger partial charge in [0.1, 0.15) is 5.82 Å². The Morgan fingerprint density at radius 2 is 1.94 bits per heavy atom. The van der Waals surface area contributed by atoms with E-state index in [1.165, 1.54) is 16.7 Å². The summed E-state index contributed by atoms with van der Waals surface area (Å²) in [7, 11) is 0. The number of aromatic nitrogens is 2. The number of nitrogens with zero attached hydrogens (tertiary/aromatic N) is 2. The molecule has 2 aromatic heterocycles. The second-order valence-corrected chi connectivity index (χ2v) is 9.56. The number of fused-ring (bicyclic) bond motifs is 2. The summed E-state index contributed by atoms with van der Waals surface area (Å²) in [5.41, 5.74) is 7.16. The Hall–Kier alpha value is -3.77. The molecule has 6 heteroatoms. The van der Waals surface area contributed by atoms with Crippen LogP contribution in [-0.2, 0) is 18.5 Å². The summed E-state index contributed by atoms with van der Waals surface area (Å²) in [6, 6.07) is 18.0. The summed E-state index contributed by atoms with van der Waals surface area (Å²) in [5.74, 6) is 0.368. The third-order valence-electron chi connectivity index (χ3n) is 6.46. The van der Waals surface area contributed by atoms with Gasteiger partial charge >= 0.3 is 0 Å². The average Bonchev–Trinajstić information content (AvgIpc) is 2.82. The molecule has 4 aromatic rings. The SMILES string of the molecule is Cc1ccc2nccc(CNc3ncccc3C(=O)Nc3ccc4c(c3)CNCC4(C)C)c2c1. The fourth-order valence-electron chi connectivity index (χ4n) is 4.66. The Morgan fingerprint density at radius 1 is 1.06 bits per heavy atom. The molecule has 1 aliphatic heterocycles. The average molecular weight is 452 g/mol. The number of aryl methyl sites for hydroxylation is 1. The molecule has 0 unspecified atom stereocenters. The maximum absolute atomic E-state index is 13.2. The standard InChI is InChI=1S/C28H29N5O/c1-18-6-9-25-23(13-18)19(10-12-30-25)16-32-26-22(5-4-11-31-26)27(34)33-21-7-8-24-20(14-21)15-29-17-28(24,2)3/h4-14,29H,15-17H2,1-3H3,(H,31,32)(H,33,34). The molecule has 0 fully saturated rings. The highest BCUT2D eigenvalue weighted by atomic mass is 16.1. The molecule has 1 aliphatic rings. The number of amides is 1. The second-order valence-electron chi connectivity index (χ2n) is 9.56. The highest BCUT2D eigenvalue weighted by molar-refractivity contribution is 6.07. The Labute approximate surface area is 199 Å². The van der Waals surface area contributed by atoms with Gasteiger partial charge < -0.3 is 16.0 Å². The first-order chi connectivity index (χ1) is 16.4. The quantitative estimate of drug-likeness (QED) is 0.389. The summed E-state index contributed by atoms with van der Waals surface area (Å²) >= 11 is 0. The fraction of sp³-hybridized carbons (Fsp3) is 0.250. The smallest absolute Gasteiger partial charge is 0.259 e. The number of benzene rings is 2. The number of nitrogens with one attached hydrogen (secondary N) is 3. The van der Waals surface area contributed by atoms with Crippen molar-refractivity contribution < 1.29 is 4.79 Å². The molecule has 0 atom stereocenters. The van der Waals surface area contributed by atoms with Crippen molar-refractivity contribution in [2.45, 2.75) is 39.3 Å². The highest BCUT2D eigenvalue weighted by Gasteiger charge is 2.27. The van der Waals surface area contributed by atoms with Crippen molar-refractivity contribution in [1.82, 2.24) is 15.3 Å². The van der Waals surface area contributed by atoms with Gasteiger partial charge in [-0.2, -0.15) is 0 Å². The monoisotopic (exact) mass is 451 g/mol. The zero-order valence-electron chi connectivity index (χ0n) is 19.8. The lowest BCUT2D eigenvalue weighted by molar-refractivity contribution is 0.102. The van der Waals surface area contributed by atoms with Gasteiger partial charge in [-0.05, 0) is 66.1 Å². The summed E-state index contributed by atoms with van der Waals surface area (Å²) in [6.07, 6.45) is 3.51.